The van der Waals surface area contributed by atoms with Crippen molar-refractivity contribution in [3.8, 4) is 0 Å². The zero-order valence-electron chi connectivity index (χ0n) is 18.2. The highest BCUT2D eigenvalue weighted by atomic mass is 16.5. The van der Waals surface area contributed by atoms with Crippen LogP contribution in [0.15, 0.2) is 47.5 Å². The van der Waals surface area contributed by atoms with Crippen molar-refractivity contribution in [2.24, 2.45) is 4.99 Å². The molecule has 1 fully saturated rings. The number of morpholine rings is 1. The number of carbonyl (C=O) groups excluding carboxylic acids is 2. The molecule has 2 aromatic rings. The molecule has 0 radical (unpaired) electrons. The number of hydrogen-bond donors (Lipinski definition) is 0. The molecule has 0 N–H and O–H groups in total. The quantitative estimate of drug-likeness (QED) is 0.409. The monoisotopic (exact) mass is 419 g/mol. The van der Waals surface area contributed by atoms with E-state index in [0.29, 0.717) is 17.8 Å². The fraction of sp³-hybridized carbons (Fsp3) is 0.400. The van der Waals surface area contributed by atoms with Gasteiger partial charge in [-0.2, -0.15) is 0 Å². The molecule has 162 valence electrons. The fourth-order valence-electron chi connectivity index (χ4n) is 4.31. The first kappa shape index (κ1) is 21.4. The molecule has 2 aromatic carbocycles. The largest absolute Gasteiger partial charge is 0.379 e. The van der Waals surface area contributed by atoms with E-state index < -0.39 is 5.92 Å². The second-order valence-electron chi connectivity index (χ2n) is 8.25. The summed E-state index contributed by atoms with van der Waals surface area (Å²) in [6, 6.07) is 13.1. The molecular formula is C25H29N3O3. The first-order chi connectivity index (χ1) is 15.0. The van der Waals surface area contributed by atoms with Crippen LogP contribution >= 0.6 is 0 Å². The van der Waals surface area contributed by atoms with Gasteiger partial charge in [-0.3, -0.25) is 19.5 Å². The van der Waals surface area contributed by atoms with Crippen molar-refractivity contribution in [2.75, 3.05) is 44.3 Å². The van der Waals surface area contributed by atoms with Crippen LogP contribution in [0, 0.1) is 13.8 Å². The van der Waals surface area contributed by atoms with E-state index in [1.807, 2.05) is 50.2 Å². The molecule has 0 unspecified atom stereocenters. The number of anilines is 1. The third-order valence-corrected chi connectivity index (χ3v) is 5.80. The Balaban J connectivity index is 1.53. The first-order valence-electron chi connectivity index (χ1n) is 10.9. The summed E-state index contributed by atoms with van der Waals surface area (Å²) in [5.41, 5.74) is 3.94. The summed E-state index contributed by atoms with van der Waals surface area (Å²) in [6.07, 6.45) is 2.65. The maximum absolute atomic E-state index is 13.4. The number of ether oxygens (including phenoxy) is 1. The van der Waals surface area contributed by atoms with Gasteiger partial charge in [0.1, 0.15) is 0 Å². The topological polar surface area (TPSA) is 62.2 Å². The number of aryl methyl sites for hydroxylation is 2. The van der Waals surface area contributed by atoms with Gasteiger partial charge in [-0.05, 0) is 55.2 Å². The average Bonchev–Trinajstić information content (AvgIpc) is 2.76. The Morgan fingerprint density at radius 2 is 1.77 bits per heavy atom. The van der Waals surface area contributed by atoms with Crippen LogP contribution in [0.4, 0.5) is 5.69 Å². The Bertz CT molecular complexity index is 975. The van der Waals surface area contributed by atoms with Gasteiger partial charge in [-0.25, -0.2) is 4.90 Å². The van der Waals surface area contributed by atoms with Gasteiger partial charge < -0.3 is 4.74 Å². The van der Waals surface area contributed by atoms with E-state index >= 15 is 0 Å². The predicted octanol–water partition coefficient (Wildman–Crippen LogP) is 3.37. The lowest BCUT2D eigenvalue weighted by Crippen LogP contribution is -2.45. The van der Waals surface area contributed by atoms with Crippen molar-refractivity contribution >= 4 is 23.7 Å². The summed E-state index contributed by atoms with van der Waals surface area (Å²) in [5, 5.41) is 0. The van der Waals surface area contributed by atoms with E-state index in [1.165, 1.54) is 4.90 Å². The van der Waals surface area contributed by atoms with Crippen molar-refractivity contribution in [1.29, 1.82) is 0 Å². The fourth-order valence-corrected chi connectivity index (χ4v) is 4.31. The van der Waals surface area contributed by atoms with E-state index in [-0.39, 0.29) is 11.8 Å². The molecule has 0 aromatic heterocycles. The van der Waals surface area contributed by atoms with Gasteiger partial charge in [0, 0.05) is 38.0 Å². The normalized spacial score (nSPS) is 19.8. The summed E-state index contributed by atoms with van der Waals surface area (Å²) >= 11 is 0. The Hall–Kier alpha value is -2.83. The number of aliphatic imine (C=N–C) groups is 1. The van der Waals surface area contributed by atoms with Gasteiger partial charge in [-0.1, -0.05) is 24.3 Å². The molecule has 1 atom stereocenters. The van der Waals surface area contributed by atoms with E-state index in [1.54, 1.807) is 12.3 Å². The molecule has 2 aliphatic heterocycles. The highest BCUT2D eigenvalue weighted by Crippen LogP contribution is 2.32. The van der Waals surface area contributed by atoms with E-state index in [2.05, 4.69) is 9.89 Å². The van der Waals surface area contributed by atoms with Crippen molar-refractivity contribution < 1.29 is 14.3 Å². The second kappa shape index (κ2) is 9.54. The lowest BCUT2D eigenvalue weighted by Gasteiger charge is -2.31. The van der Waals surface area contributed by atoms with E-state index in [0.717, 1.165) is 56.0 Å². The van der Waals surface area contributed by atoms with Crippen LogP contribution in [0.3, 0.4) is 0 Å². The maximum Gasteiger partial charge on any atom is 0.265 e. The number of amides is 2. The predicted molar refractivity (Wildman–Crippen MR) is 122 cm³/mol. The van der Waals surface area contributed by atoms with Crippen LogP contribution in [-0.2, 0) is 9.53 Å². The van der Waals surface area contributed by atoms with Crippen LogP contribution in [-0.4, -0.2) is 62.3 Å². The van der Waals surface area contributed by atoms with E-state index in [9.17, 15) is 9.59 Å². The molecule has 4 rings (SSSR count). The standard InChI is InChI=1S/C25H29N3O3/c1-18-14-19(2)16-20(15-18)28-24(29)22-7-4-3-6-21(22)23(25(28)30)17-26-8-5-9-27-10-12-31-13-11-27/h3-4,6-7,14-17,23H,5,8-13H2,1-2H3/t23-/m1/s1. The summed E-state index contributed by atoms with van der Waals surface area (Å²) in [6.45, 7) is 9.08. The van der Waals surface area contributed by atoms with Gasteiger partial charge in [0.05, 0.1) is 24.8 Å². The number of nitrogens with zero attached hydrogens (tertiary/aromatic N) is 3. The Morgan fingerprint density at radius 3 is 2.52 bits per heavy atom. The zero-order valence-corrected chi connectivity index (χ0v) is 18.2. The molecule has 2 heterocycles. The second-order valence-corrected chi connectivity index (χ2v) is 8.25. The van der Waals surface area contributed by atoms with Crippen molar-refractivity contribution in [1.82, 2.24) is 4.90 Å². The zero-order chi connectivity index (χ0) is 21.8. The van der Waals surface area contributed by atoms with Crippen LogP contribution in [0.5, 0.6) is 0 Å². The molecule has 0 aliphatic carbocycles. The number of rotatable bonds is 6. The van der Waals surface area contributed by atoms with Crippen molar-refractivity contribution in [3.63, 3.8) is 0 Å². The van der Waals surface area contributed by atoms with Gasteiger partial charge in [0.25, 0.3) is 5.91 Å². The van der Waals surface area contributed by atoms with Gasteiger partial charge in [0.2, 0.25) is 5.91 Å². The third kappa shape index (κ3) is 4.75. The van der Waals surface area contributed by atoms with Crippen LogP contribution in [0.25, 0.3) is 0 Å². The molecule has 2 amide bonds. The first-order valence-corrected chi connectivity index (χ1v) is 10.9. The van der Waals surface area contributed by atoms with Gasteiger partial charge in [-0.15, -0.1) is 0 Å². The summed E-state index contributed by atoms with van der Waals surface area (Å²) in [7, 11) is 0. The van der Waals surface area contributed by atoms with Crippen LogP contribution in [0.1, 0.15) is 39.4 Å². The van der Waals surface area contributed by atoms with Crippen LogP contribution in [0.2, 0.25) is 0 Å². The minimum Gasteiger partial charge on any atom is -0.379 e. The SMILES string of the molecule is Cc1cc(C)cc(N2C(=O)c3ccccc3[C@@H](C=NCCCN3CCOCC3)C2=O)c1. The lowest BCUT2D eigenvalue weighted by atomic mass is 9.88. The highest BCUT2D eigenvalue weighted by Gasteiger charge is 2.38. The molecule has 2 aliphatic rings. The Labute approximate surface area is 183 Å². The molecule has 1 saturated heterocycles. The summed E-state index contributed by atoms with van der Waals surface area (Å²) < 4.78 is 5.38. The van der Waals surface area contributed by atoms with Crippen molar-refractivity contribution in [3.05, 3.63) is 64.7 Å². The molecule has 6 heteroatoms. The summed E-state index contributed by atoms with van der Waals surface area (Å²) in [4.78, 5) is 34.9. The third-order valence-electron chi connectivity index (χ3n) is 5.80. The minimum atomic E-state index is -0.557. The molecule has 0 bridgehead atoms. The number of benzene rings is 2. The Morgan fingerprint density at radius 1 is 1.06 bits per heavy atom. The molecule has 0 saturated carbocycles. The Kier molecular flexibility index (Phi) is 6.59. The number of fused-ring (bicyclic) bond motifs is 1. The van der Waals surface area contributed by atoms with Gasteiger partial charge in [0.15, 0.2) is 0 Å². The van der Waals surface area contributed by atoms with Crippen molar-refractivity contribution in [2.45, 2.75) is 26.2 Å². The smallest absolute Gasteiger partial charge is 0.265 e. The summed E-state index contributed by atoms with van der Waals surface area (Å²) in [5.74, 6) is -1.08. The molecule has 6 nitrogen and oxygen atoms in total. The highest BCUT2D eigenvalue weighted by molar-refractivity contribution is 6.29. The minimum absolute atomic E-state index is 0.245. The average molecular weight is 420 g/mol. The number of carbonyl (C=O) groups is 2. The number of hydrogen-bond acceptors (Lipinski definition) is 5. The van der Waals surface area contributed by atoms with Gasteiger partial charge >= 0.3 is 0 Å². The maximum atomic E-state index is 13.4. The molecule has 31 heavy (non-hydrogen) atoms. The van der Waals surface area contributed by atoms with Crippen LogP contribution < -0.4 is 4.90 Å². The van der Waals surface area contributed by atoms with E-state index in [4.69, 9.17) is 4.74 Å². The molecular weight excluding hydrogens is 390 g/mol. The lowest BCUT2D eigenvalue weighted by molar-refractivity contribution is -0.118. The number of imide groups is 1. The molecule has 0 spiro atoms.